The Hall–Kier alpha value is -3.56. The maximum atomic E-state index is 13.7. The first-order valence-corrected chi connectivity index (χ1v) is 9.53. The quantitative estimate of drug-likeness (QED) is 0.250. The van der Waals surface area contributed by atoms with E-state index in [1.54, 1.807) is 0 Å². The van der Waals surface area contributed by atoms with Crippen LogP contribution in [0.2, 0.25) is 0 Å². The van der Waals surface area contributed by atoms with Crippen molar-refractivity contribution in [1.82, 2.24) is 21.1 Å². The van der Waals surface area contributed by atoms with Gasteiger partial charge in [0.2, 0.25) is 5.91 Å². The van der Waals surface area contributed by atoms with Crippen LogP contribution in [0.15, 0.2) is 30.5 Å². The maximum absolute atomic E-state index is 13.7. The molecule has 0 spiro atoms. The molecule has 2 aromatic rings. The number of carbonyl (C=O) groups is 3. The van der Waals surface area contributed by atoms with E-state index in [1.165, 1.54) is 47.3 Å². The Labute approximate surface area is 180 Å². The number of aromatic nitrogens is 1. The molecular weight excluding hydrogens is 432 g/mol. The summed E-state index contributed by atoms with van der Waals surface area (Å²) >= 11 is 1.21. The molecule has 9 nitrogen and oxygen atoms in total. The van der Waals surface area contributed by atoms with Crippen LogP contribution in [-0.2, 0) is 9.59 Å². The van der Waals surface area contributed by atoms with Crippen LogP contribution in [0.1, 0.15) is 34.6 Å². The molecule has 164 valence electrons. The van der Waals surface area contributed by atoms with Gasteiger partial charge in [-0.1, -0.05) is 17.3 Å². The second kappa shape index (κ2) is 9.96. The fourth-order valence-electron chi connectivity index (χ4n) is 2.58. The second-order valence-electron chi connectivity index (χ2n) is 6.54. The van der Waals surface area contributed by atoms with E-state index in [0.29, 0.717) is 15.6 Å². The largest absolute Gasteiger partial charge is 0.375 e. The number of benzene rings is 1. The van der Waals surface area contributed by atoms with Crippen molar-refractivity contribution in [3.63, 3.8) is 0 Å². The Bertz CT molecular complexity index is 1030. The van der Waals surface area contributed by atoms with E-state index < -0.39 is 35.7 Å². The van der Waals surface area contributed by atoms with E-state index in [-0.39, 0.29) is 5.56 Å². The minimum atomic E-state index is -3.24. The van der Waals surface area contributed by atoms with Crippen molar-refractivity contribution in [2.24, 2.45) is 0 Å². The molecule has 1 unspecified atom stereocenters. The Kier molecular flexibility index (Phi) is 7.62. The standard InChI is InChI=1S/C19H19F2N5O4S/c1-10(27)25-19(2,17(20)21)14(16(29)26-30)24-15(28)12-6-3-11(4-7-12)5-8-13-9-23-18(22)31-13/h3-4,6-7,9,14,17,30H,1-2H3,(H2,22,23)(H,24,28)(H,25,27)(H,26,29)/t14-,19?/m1/s1. The van der Waals surface area contributed by atoms with Gasteiger partial charge in [-0.15, -0.1) is 0 Å². The number of alkyl halides is 2. The number of hydroxylamine groups is 1. The summed E-state index contributed by atoms with van der Waals surface area (Å²) in [7, 11) is 0. The number of halogens is 2. The van der Waals surface area contributed by atoms with Crippen LogP contribution in [0.25, 0.3) is 0 Å². The fraction of sp³-hybridized carbons (Fsp3) is 0.263. The van der Waals surface area contributed by atoms with E-state index in [9.17, 15) is 23.2 Å². The normalized spacial score (nSPS) is 13.4. The highest BCUT2D eigenvalue weighted by atomic mass is 32.1. The molecule has 2 rings (SSSR count). The van der Waals surface area contributed by atoms with Crippen molar-refractivity contribution in [3.8, 4) is 11.8 Å². The van der Waals surface area contributed by atoms with Gasteiger partial charge in [-0.3, -0.25) is 19.6 Å². The summed E-state index contributed by atoms with van der Waals surface area (Å²) in [5.41, 5.74) is 4.89. The summed E-state index contributed by atoms with van der Waals surface area (Å²) in [6.07, 6.45) is -1.71. The van der Waals surface area contributed by atoms with Gasteiger partial charge in [0, 0.05) is 18.1 Å². The number of nitrogen functional groups attached to an aromatic ring is 1. The van der Waals surface area contributed by atoms with Crippen molar-refractivity contribution in [2.75, 3.05) is 5.73 Å². The van der Waals surface area contributed by atoms with Gasteiger partial charge in [0.05, 0.1) is 11.1 Å². The third kappa shape index (κ3) is 5.97. The number of nitrogens with one attached hydrogen (secondary N) is 3. The highest BCUT2D eigenvalue weighted by Crippen LogP contribution is 2.21. The Balaban J connectivity index is 2.22. The Morgan fingerprint density at radius 1 is 1.23 bits per heavy atom. The molecule has 0 aliphatic rings. The van der Waals surface area contributed by atoms with E-state index in [4.69, 9.17) is 10.9 Å². The lowest BCUT2D eigenvalue weighted by molar-refractivity contribution is -0.137. The molecule has 12 heteroatoms. The number of carbonyl (C=O) groups excluding carboxylic acids is 3. The lowest BCUT2D eigenvalue weighted by atomic mass is 9.91. The summed E-state index contributed by atoms with van der Waals surface area (Å²) in [5.74, 6) is 2.67. The van der Waals surface area contributed by atoms with Crippen molar-refractivity contribution >= 4 is 34.2 Å². The Morgan fingerprint density at radius 2 is 1.87 bits per heavy atom. The summed E-state index contributed by atoms with van der Waals surface area (Å²) in [5, 5.41) is 13.4. The van der Waals surface area contributed by atoms with Crippen LogP contribution in [-0.4, -0.2) is 45.9 Å². The second-order valence-corrected chi connectivity index (χ2v) is 7.60. The van der Waals surface area contributed by atoms with Crippen LogP contribution in [0, 0.1) is 11.8 Å². The van der Waals surface area contributed by atoms with E-state index >= 15 is 0 Å². The van der Waals surface area contributed by atoms with Gasteiger partial charge in [-0.05, 0) is 37.1 Å². The number of amides is 3. The molecule has 6 N–H and O–H groups in total. The summed E-state index contributed by atoms with van der Waals surface area (Å²) < 4.78 is 27.3. The van der Waals surface area contributed by atoms with Crippen LogP contribution in [0.4, 0.5) is 13.9 Å². The third-order valence-electron chi connectivity index (χ3n) is 4.15. The lowest BCUT2D eigenvalue weighted by Gasteiger charge is -2.36. The number of thiazole rings is 1. The summed E-state index contributed by atoms with van der Waals surface area (Å²) in [4.78, 5) is 40.4. The first-order valence-electron chi connectivity index (χ1n) is 8.72. The smallest absolute Gasteiger partial charge is 0.268 e. The average Bonchev–Trinajstić information content (AvgIpc) is 3.14. The Morgan fingerprint density at radius 3 is 2.35 bits per heavy atom. The topological polar surface area (TPSA) is 146 Å². The number of nitrogens with zero attached hydrogens (tertiary/aromatic N) is 1. The number of hydrogen-bond donors (Lipinski definition) is 5. The molecule has 1 aromatic heterocycles. The summed E-state index contributed by atoms with van der Waals surface area (Å²) in [6.45, 7) is 1.86. The van der Waals surface area contributed by atoms with Crippen LogP contribution in [0.3, 0.4) is 0 Å². The first-order chi connectivity index (χ1) is 14.6. The van der Waals surface area contributed by atoms with Crippen LogP contribution >= 0.6 is 11.3 Å². The molecule has 0 saturated carbocycles. The van der Waals surface area contributed by atoms with Gasteiger partial charge in [-0.2, -0.15) is 0 Å². The lowest BCUT2D eigenvalue weighted by Crippen LogP contribution is -2.68. The van der Waals surface area contributed by atoms with Crippen molar-refractivity contribution < 1.29 is 28.4 Å². The van der Waals surface area contributed by atoms with Crippen molar-refractivity contribution in [2.45, 2.75) is 31.9 Å². The van der Waals surface area contributed by atoms with E-state index in [0.717, 1.165) is 13.8 Å². The first kappa shape index (κ1) is 23.7. The molecule has 3 amide bonds. The molecule has 0 aliphatic heterocycles. The average molecular weight is 451 g/mol. The molecule has 2 atom stereocenters. The number of rotatable bonds is 6. The molecule has 0 bridgehead atoms. The minimum absolute atomic E-state index is 0.0442. The maximum Gasteiger partial charge on any atom is 0.268 e. The zero-order valence-corrected chi connectivity index (χ0v) is 17.2. The van der Waals surface area contributed by atoms with Crippen LogP contribution < -0.4 is 21.8 Å². The molecule has 0 saturated heterocycles. The monoisotopic (exact) mass is 451 g/mol. The van der Waals surface area contributed by atoms with Gasteiger partial charge in [0.25, 0.3) is 18.2 Å². The molecular formula is C19H19F2N5O4S. The van der Waals surface area contributed by atoms with Gasteiger partial charge in [0.15, 0.2) is 5.13 Å². The molecule has 0 radical (unpaired) electrons. The van der Waals surface area contributed by atoms with Gasteiger partial charge >= 0.3 is 0 Å². The van der Waals surface area contributed by atoms with Crippen molar-refractivity contribution in [1.29, 1.82) is 0 Å². The van der Waals surface area contributed by atoms with E-state index in [2.05, 4.69) is 22.1 Å². The number of nitrogens with two attached hydrogens (primary N) is 1. The van der Waals surface area contributed by atoms with Crippen molar-refractivity contribution in [3.05, 3.63) is 46.5 Å². The molecule has 0 fully saturated rings. The number of hydrogen-bond acceptors (Lipinski definition) is 7. The van der Waals surface area contributed by atoms with Gasteiger partial charge < -0.3 is 16.4 Å². The minimum Gasteiger partial charge on any atom is -0.375 e. The zero-order chi connectivity index (χ0) is 23.2. The predicted molar refractivity (Wildman–Crippen MR) is 108 cm³/mol. The van der Waals surface area contributed by atoms with E-state index in [1.807, 2.05) is 5.32 Å². The summed E-state index contributed by atoms with van der Waals surface area (Å²) in [6, 6.07) is 3.84. The molecule has 1 heterocycles. The highest BCUT2D eigenvalue weighted by molar-refractivity contribution is 7.15. The number of anilines is 1. The van der Waals surface area contributed by atoms with Gasteiger partial charge in [-0.25, -0.2) is 19.2 Å². The molecule has 31 heavy (non-hydrogen) atoms. The predicted octanol–water partition coefficient (Wildman–Crippen LogP) is 0.889. The molecule has 1 aromatic carbocycles. The molecule has 0 aliphatic carbocycles. The van der Waals surface area contributed by atoms with Gasteiger partial charge in [0.1, 0.15) is 11.6 Å². The van der Waals surface area contributed by atoms with Crippen LogP contribution in [0.5, 0.6) is 0 Å². The SMILES string of the molecule is CC(=O)NC(C)(C(F)F)[C@H](NC(=O)c1ccc(C#Cc2cnc(N)s2)cc1)C(=O)NO. The highest BCUT2D eigenvalue weighted by Gasteiger charge is 2.48. The third-order valence-corrected chi connectivity index (χ3v) is 4.89. The zero-order valence-electron chi connectivity index (χ0n) is 16.4. The fourth-order valence-corrected chi connectivity index (χ4v) is 3.12.